The Kier molecular flexibility index (Phi) is 2.78. The summed E-state index contributed by atoms with van der Waals surface area (Å²) in [7, 11) is 1.89. The minimum absolute atomic E-state index is 0.603. The van der Waals surface area contributed by atoms with Gasteiger partial charge in [0.2, 0.25) is 5.95 Å². The molecule has 0 aliphatic carbocycles. The molecule has 0 aliphatic heterocycles. The molecule has 1 aromatic heterocycles. The molecule has 2 N–H and O–H groups in total. The van der Waals surface area contributed by atoms with Crippen molar-refractivity contribution in [3.63, 3.8) is 0 Å². The van der Waals surface area contributed by atoms with Gasteiger partial charge in [-0.15, -0.1) is 0 Å². The molecule has 0 bridgehead atoms. The van der Waals surface area contributed by atoms with Crippen LogP contribution in [0.3, 0.4) is 0 Å². The van der Waals surface area contributed by atoms with E-state index in [4.69, 9.17) is 0 Å². The third-order valence-electron chi connectivity index (χ3n) is 1.97. The van der Waals surface area contributed by atoms with Gasteiger partial charge in [-0.25, -0.2) is 9.97 Å². The predicted octanol–water partition coefficient (Wildman–Crippen LogP) is 2.26. The highest BCUT2D eigenvalue weighted by Crippen LogP contribution is 2.16. The van der Waals surface area contributed by atoms with Crippen LogP contribution in [-0.2, 0) is 0 Å². The van der Waals surface area contributed by atoms with E-state index in [9.17, 15) is 0 Å². The number of benzene rings is 1. The molecule has 15 heavy (non-hydrogen) atoms. The Morgan fingerprint density at radius 1 is 1.00 bits per heavy atom. The SMILES string of the molecule is CNc1cccc(Nc2ncccn2)c1. The Bertz CT molecular complexity index is 428. The van der Waals surface area contributed by atoms with Crippen molar-refractivity contribution in [3.05, 3.63) is 42.7 Å². The molecule has 0 fully saturated rings. The van der Waals surface area contributed by atoms with E-state index in [0.29, 0.717) is 5.95 Å². The standard InChI is InChI=1S/C11H12N4/c1-12-9-4-2-5-10(8-9)15-11-13-6-3-7-14-11/h2-8,12H,1H3,(H,13,14,15). The second-order valence-corrected chi connectivity index (χ2v) is 3.03. The average Bonchev–Trinajstić information content (AvgIpc) is 2.31. The van der Waals surface area contributed by atoms with Crippen LogP contribution in [0.2, 0.25) is 0 Å². The number of nitrogens with one attached hydrogen (secondary N) is 2. The summed E-state index contributed by atoms with van der Waals surface area (Å²) in [5.41, 5.74) is 2.02. The van der Waals surface area contributed by atoms with Crippen molar-refractivity contribution in [2.24, 2.45) is 0 Å². The van der Waals surface area contributed by atoms with Crippen molar-refractivity contribution in [1.82, 2.24) is 9.97 Å². The lowest BCUT2D eigenvalue weighted by atomic mass is 10.3. The van der Waals surface area contributed by atoms with Crippen LogP contribution in [0.5, 0.6) is 0 Å². The van der Waals surface area contributed by atoms with Crippen molar-refractivity contribution in [1.29, 1.82) is 0 Å². The summed E-state index contributed by atoms with van der Waals surface area (Å²) in [5.74, 6) is 0.603. The maximum absolute atomic E-state index is 4.09. The number of hydrogen-bond donors (Lipinski definition) is 2. The number of nitrogens with zero attached hydrogens (tertiary/aromatic N) is 2. The van der Waals surface area contributed by atoms with Crippen LogP contribution in [0.15, 0.2) is 42.7 Å². The quantitative estimate of drug-likeness (QED) is 0.798. The minimum atomic E-state index is 0.603. The minimum Gasteiger partial charge on any atom is -0.388 e. The summed E-state index contributed by atoms with van der Waals surface area (Å²) < 4.78 is 0. The summed E-state index contributed by atoms with van der Waals surface area (Å²) in [6.45, 7) is 0. The van der Waals surface area contributed by atoms with Crippen molar-refractivity contribution >= 4 is 17.3 Å². The van der Waals surface area contributed by atoms with Crippen molar-refractivity contribution in [2.75, 3.05) is 17.7 Å². The van der Waals surface area contributed by atoms with E-state index in [2.05, 4.69) is 20.6 Å². The highest BCUT2D eigenvalue weighted by Gasteiger charge is 1.96. The van der Waals surface area contributed by atoms with Gasteiger partial charge in [-0.2, -0.15) is 0 Å². The summed E-state index contributed by atoms with van der Waals surface area (Å²) in [6, 6.07) is 9.72. The first-order chi connectivity index (χ1) is 7.38. The molecule has 1 heterocycles. The zero-order chi connectivity index (χ0) is 10.5. The molecule has 2 rings (SSSR count). The molecule has 0 radical (unpaired) electrons. The monoisotopic (exact) mass is 200 g/mol. The molecule has 0 aliphatic rings. The molecule has 0 amide bonds. The largest absolute Gasteiger partial charge is 0.388 e. The van der Waals surface area contributed by atoms with Crippen LogP contribution in [0.25, 0.3) is 0 Å². The van der Waals surface area contributed by atoms with Gasteiger partial charge in [-0.3, -0.25) is 0 Å². The van der Waals surface area contributed by atoms with Gasteiger partial charge in [-0.1, -0.05) is 6.07 Å². The smallest absolute Gasteiger partial charge is 0.227 e. The topological polar surface area (TPSA) is 49.8 Å². The number of aromatic nitrogens is 2. The van der Waals surface area contributed by atoms with Gasteiger partial charge in [-0.05, 0) is 24.3 Å². The maximum Gasteiger partial charge on any atom is 0.227 e. The Morgan fingerprint density at radius 3 is 2.47 bits per heavy atom. The molecule has 0 saturated carbocycles. The fourth-order valence-electron chi connectivity index (χ4n) is 1.25. The van der Waals surface area contributed by atoms with E-state index >= 15 is 0 Å². The number of hydrogen-bond acceptors (Lipinski definition) is 4. The second-order valence-electron chi connectivity index (χ2n) is 3.03. The van der Waals surface area contributed by atoms with Crippen LogP contribution in [0.4, 0.5) is 17.3 Å². The molecule has 0 saturated heterocycles. The van der Waals surface area contributed by atoms with Gasteiger partial charge in [0.25, 0.3) is 0 Å². The maximum atomic E-state index is 4.09. The number of anilines is 3. The predicted molar refractivity (Wildman–Crippen MR) is 61.3 cm³/mol. The normalized spacial score (nSPS) is 9.67. The van der Waals surface area contributed by atoms with E-state index < -0.39 is 0 Å². The number of rotatable bonds is 3. The van der Waals surface area contributed by atoms with Crippen molar-refractivity contribution in [3.8, 4) is 0 Å². The summed E-state index contributed by atoms with van der Waals surface area (Å²) in [4.78, 5) is 8.17. The van der Waals surface area contributed by atoms with E-state index in [1.165, 1.54) is 0 Å². The van der Waals surface area contributed by atoms with Crippen molar-refractivity contribution in [2.45, 2.75) is 0 Å². The average molecular weight is 200 g/mol. The Morgan fingerprint density at radius 2 is 1.73 bits per heavy atom. The van der Waals surface area contributed by atoms with Gasteiger partial charge in [0.1, 0.15) is 0 Å². The lowest BCUT2D eigenvalue weighted by molar-refractivity contribution is 1.17. The van der Waals surface area contributed by atoms with Crippen LogP contribution in [0, 0.1) is 0 Å². The Labute approximate surface area is 88.4 Å². The molecule has 4 heteroatoms. The first-order valence-electron chi connectivity index (χ1n) is 4.70. The molecule has 0 spiro atoms. The molecule has 2 aromatic rings. The zero-order valence-corrected chi connectivity index (χ0v) is 8.44. The first-order valence-corrected chi connectivity index (χ1v) is 4.70. The van der Waals surface area contributed by atoms with Gasteiger partial charge < -0.3 is 10.6 Å². The molecule has 0 unspecified atom stereocenters. The zero-order valence-electron chi connectivity index (χ0n) is 8.44. The fourth-order valence-corrected chi connectivity index (χ4v) is 1.25. The second kappa shape index (κ2) is 4.41. The molecule has 76 valence electrons. The van der Waals surface area contributed by atoms with Crippen LogP contribution in [-0.4, -0.2) is 17.0 Å². The van der Waals surface area contributed by atoms with E-state index in [-0.39, 0.29) is 0 Å². The lowest BCUT2D eigenvalue weighted by Gasteiger charge is -2.06. The van der Waals surface area contributed by atoms with Gasteiger partial charge in [0.05, 0.1) is 0 Å². The van der Waals surface area contributed by atoms with E-state index in [0.717, 1.165) is 11.4 Å². The van der Waals surface area contributed by atoms with Gasteiger partial charge >= 0.3 is 0 Å². The van der Waals surface area contributed by atoms with Crippen molar-refractivity contribution < 1.29 is 0 Å². The van der Waals surface area contributed by atoms with Crippen LogP contribution < -0.4 is 10.6 Å². The summed E-state index contributed by atoms with van der Waals surface area (Å²) in [5, 5.41) is 6.19. The fraction of sp³-hybridized carbons (Fsp3) is 0.0909. The van der Waals surface area contributed by atoms with Gasteiger partial charge in [0.15, 0.2) is 0 Å². The van der Waals surface area contributed by atoms with Crippen LogP contribution >= 0.6 is 0 Å². The summed E-state index contributed by atoms with van der Waals surface area (Å²) in [6.07, 6.45) is 3.41. The highest BCUT2D eigenvalue weighted by atomic mass is 15.1. The Balaban J connectivity index is 2.17. The van der Waals surface area contributed by atoms with E-state index in [1.807, 2.05) is 31.3 Å². The molecular weight excluding hydrogens is 188 g/mol. The third kappa shape index (κ3) is 2.43. The lowest BCUT2D eigenvalue weighted by Crippen LogP contribution is -1.96. The molecule has 4 nitrogen and oxygen atoms in total. The molecule has 1 aromatic carbocycles. The summed E-state index contributed by atoms with van der Waals surface area (Å²) >= 11 is 0. The highest BCUT2D eigenvalue weighted by molar-refractivity contribution is 5.60. The van der Waals surface area contributed by atoms with E-state index in [1.54, 1.807) is 18.5 Å². The Hall–Kier alpha value is -2.10. The van der Waals surface area contributed by atoms with Gasteiger partial charge in [0, 0.05) is 30.8 Å². The van der Waals surface area contributed by atoms with Crippen LogP contribution in [0.1, 0.15) is 0 Å². The molecule has 0 atom stereocenters. The molecular formula is C11H12N4. The first kappa shape index (κ1) is 9.45. The third-order valence-corrected chi connectivity index (χ3v) is 1.97.